The summed E-state index contributed by atoms with van der Waals surface area (Å²) >= 11 is 0. The third-order valence-electron chi connectivity index (χ3n) is 4.28. The van der Waals surface area contributed by atoms with E-state index in [0.29, 0.717) is 5.56 Å². The van der Waals surface area contributed by atoms with Gasteiger partial charge in [0.05, 0.1) is 0 Å². The van der Waals surface area contributed by atoms with E-state index in [9.17, 15) is 19.2 Å². The number of amidine groups is 1. The molecule has 0 atom stereocenters. The fraction of sp³-hybridized carbons (Fsp3) is 0.542. The Labute approximate surface area is 204 Å². The summed E-state index contributed by atoms with van der Waals surface area (Å²) in [5.74, 6) is -0.342. The molecule has 192 valence electrons. The number of alkyl carbamates (subject to hydrolysis) is 1. The number of nitrogens with zero attached hydrogens (tertiary/aromatic N) is 1. The van der Waals surface area contributed by atoms with Gasteiger partial charge in [0.2, 0.25) is 0 Å². The molecular formula is C24H32N2O9. The number of hydrogen-bond acceptors (Lipinski definition) is 9. The molecular weight excluding hydrogens is 460 g/mol. The number of esters is 1. The number of carbonyl (C=O) groups excluding carboxylic acids is 4. The summed E-state index contributed by atoms with van der Waals surface area (Å²) in [4.78, 5) is 51.9. The van der Waals surface area contributed by atoms with E-state index in [1.165, 1.54) is 0 Å². The lowest BCUT2D eigenvalue weighted by molar-refractivity contribution is -0.156. The average molecular weight is 493 g/mol. The molecule has 2 rings (SSSR count). The standard InChI is InChI=1S/C24H32N2O9/c1-22(2,3)34-19(28)25-17(26-20(29)35-23(4,5)6)12-15-8-10-16(11-9-15)33-18(27)24(7)13-31-21(30)32-14-24/h8-11H,12-14H2,1-7H3,(H,25,26,28,29). The molecule has 0 unspecified atom stereocenters. The zero-order valence-corrected chi connectivity index (χ0v) is 21.1. The third kappa shape index (κ3) is 9.63. The van der Waals surface area contributed by atoms with Crippen LogP contribution in [0.15, 0.2) is 29.3 Å². The maximum Gasteiger partial charge on any atom is 0.508 e. The van der Waals surface area contributed by atoms with Gasteiger partial charge in [-0.1, -0.05) is 12.1 Å². The van der Waals surface area contributed by atoms with Crippen molar-refractivity contribution in [1.82, 2.24) is 5.32 Å². The zero-order valence-electron chi connectivity index (χ0n) is 21.1. The highest BCUT2D eigenvalue weighted by atomic mass is 16.7. The third-order valence-corrected chi connectivity index (χ3v) is 4.28. The number of amides is 2. The first-order valence-corrected chi connectivity index (χ1v) is 11.0. The Morgan fingerprint density at radius 1 is 0.971 bits per heavy atom. The van der Waals surface area contributed by atoms with Gasteiger partial charge in [-0.05, 0) is 66.2 Å². The van der Waals surface area contributed by atoms with Crippen LogP contribution in [0.5, 0.6) is 5.75 Å². The Hall–Kier alpha value is -3.63. The molecule has 11 nitrogen and oxygen atoms in total. The van der Waals surface area contributed by atoms with Crippen molar-refractivity contribution in [3.8, 4) is 5.75 Å². The second-order valence-corrected chi connectivity index (χ2v) is 10.3. The van der Waals surface area contributed by atoms with Crippen molar-refractivity contribution >= 4 is 30.1 Å². The van der Waals surface area contributed by atoms with Crippen molar-refractivity contribution < 1.29 is 42.9 Å². The number of ether oxygens (including phenoxy) is 5. The second-order valence-electron chi connectivity index (χ2n) is 10.3. The number of rotatable bonds is 4. The Kier molecular flexibility index (Phi) is 8.48. The summed E-state index contributed by atoms with van der Waals surface area (Å²) in [6.45, 7) is 11.5. The number of nitrogens with one attached hydrogen (secondary N) is 1. The topological polar surface area (TPSA) is 139 Å². The summed E-state index contributed by atoms with van der Waals surface area (Å²) in [5, 5.41) is 2.48. The van der Waals surface area contributed by atoms with Gasteiger partial charge >= 0.3 is 24.3 Å². The van der Waals surface area contributed by atoms with Gasteiger partial charge in [-0.2, -0.15) is 4.99 Å². The molecule has 2 amide bonds. The largest absolute Gasteiger partial charge is 0.508 e. The van der Waals surface area contributed by atoms with Gasteiger partial charge in [-0.15, -0.1) is 0 Å². The van der Waals surface area contributed by atoms with Gasteiger partial charge in [0.1, 0.15) is 41.4 Å². The Balaban J connectivity index is 2.11. The molecule has 0 aliphatic carbocycles. The van der Waals surface area contributed by atoms with Crippen molar-refractivity contribution in [3.63, 3.8) is 0 Å². The van der Waals surface area contributed by atoms with Gasteiger partial charge < -0.3 is 23.7 Å². The van der Waals surface area contributed by atoms with Crippen molar-refractivity contribution in [2.45, 2.75) is 66.1 Å². The minimum atomic E-state index is -1.13. The molecule has 0 aromatic heterocycles. The zero-order chi connectivity index (χ0) is 26.4. The average Bonchev–Trinajstić information content (AvgIpc) is 2.68. The fourth-order valence-corrected chi connectivity index (χ4v) is 2.66. The molecule has 1 aromatic rings. The molecule has 35 heavy (non-hydrogen) atoms. The summed E-state index contributed by atoms with van der Waals surface area (Å²) in [7, 11) is 0. The molecule has 1 heterocycles. The van der Waals surface area contributed by atoms with E-state index in [-0.39, 0.29) is 31.2 Å². The minimum Gasteiger partial charge on any atom is -0.444 e. The minimum absolute atomic E-state index is 0.0203. The molecule has 1 aromatic carbocycles. The van der Waals surface area contributed by atoms with E-state index >= 15 is 0 Å². The van der Waals surface area contributed by atoms with Crippen LogP contribution in [0.1, 0.15) is 54.0 Å². The quantitative estimate of drug-likeness (QED) is 0.216. The van der Waals surface area contributed by atoms with Crippen LogP contribution < -0.4 is 10.1 Å². The molecule has 1 N–H and O–H groups in total. The lowest BCUT2D eigenvalue weighted by Crippen LogP contribution is -2.45. The fourth-order valence-electron chi connectivity index (χ4n) is 2.66. The van der Waals surface area contributed by atoms with Crippen LogP contribution in [-0.2, 0) is 30.2 Å². The lowest BCUT2D eigenvalue weighted by atomic mass is 9.92. The Morgan fingerprint density at radius 3 is 2.03 bits per heavy atom. The van der Waals surface area contributed by atoms with Crippen molar-refractivity contribution in [1.29, 1.82) is 0 Å². The van der Waals surface area contributed by atoms with Crippen LogP contribution in [-0.4, -0.2) is 54.6 Å². The van der Waals surface area contributed by atoms with Gasteiger partial charge in [-0.25, -0.2) is 14.4 Å². The van der Waals surface area contributed by atoms with Gasteiger partial charge in [0, 0.05) is 6.42 Å². The van der Waals surface area contributed by atoms with Crippen LogP contribution in [0.2, 0.25) is 0 Å². The Bertz CT molecular complexity index is 976. The number of benzene rings is 1. The van der Waals surface area contributed by atoms with E-state index in [2.05, 4.69) is 10.3 Å². The summed E-state index contributed by atoms with van der Waals surface area (Å²) in [5.41, 5.74) is -1.98. The van der Waals surface area contributed by atoms with Crippen LogP contribution in [0.4, 0.5) is 14.4 Å². The predicted octanol–water partition coefficient (Wildman–Crippen LogP) is 4.17. The normalized spacial score (nSPS) is 15.9. The van der Waals surface area contributed by atoms with Crippen molar-refractivity contribution in [3.05, 3.63) is 29.8 Å². The molecule has 0 spiro atoms. The van der Waals surface area contributed by atoms with Crippen LogP contribution in [0.3, 0.4) is 0 Å². The van der Waals surface area contributed by atoms with Crippen molar-refractivity contribution in [2.75, 3.05) is 13.2 Å². The first kappa shape index (κ1) is 27.6. The van der Waals surface area contributed by atoms with Crippen LogP contribution in [0, 0.1) is 5.41 Å². The van der Waals surface area contributed by atoms with Crippen molar-refractivity contribution in [2.24, 2.45) is 10.4 Å². The van der Waals surface area contributed by atoms with Gasteiger partial charge in [0.25, 0.3) is 0 Å². The maximum absolute atomic E-state index is 12.5. The van der Waals surface area contributed by atoms with Crippen LogP contribution >= 0.6 is 0 Å². The smallest absolute Gasteiger partial charge is 0.444 e. The van der Waals surface area contributed by atoms with E-state index in [4.69, 9.17) is 23.7 Å². The number of carbonyl (C=O) groups is 4. The second kappa shape index (κ2) is 10.7. The summed E-state index contributed by atoms with van der Waals surface area (Å²) < 4.78 is 25.4. The Morgan fingerprint density at radius 2 is 1.51 bits per heavy atom. The molecule has 1 aliphatic heterocycles. The van der Waals surface area contributed by atoms with E-state index in [1.807, 2.05) is 0 Å². The highest BCUT2D eigenvalue weighted by molar-refractivity contribution is 6.01. The monoisotopic (exact) mass is 492 g/mol. The summed E-state index contributed by atoms with van der Waals surface area (Å²) in [6.07, 6.45) is -2.40. The molecule has 11 heteroatoms. The first-order chi connectivity index (χ1) is 16.0. The number of hydrogen-bond donors (Lipinski definition) is 1. The molecule has 0 saturated carbocycles. The maximum atomic E-state index is 12.5. The SMILES string of the molecule is CC(C)(C)OC(=O)N=C(Cc1ccc(OC(=O)C2(C)COC(=O)OC2)cc1)NC(=O)OC(C)(C)C. The number of aliphatic imine (C=N–C) groups is 1. The first-order valence-electron chi connectivity index (χ1n) is 11.0. The van der Waals surface area contributed by atoms with E-state index in [0.717, 1.165) is 0 Å². The summed E-state index contributed by atoms with van der Waals surface area (Å²) in [6, 6.07) is 6.38. The van der Waals surface area contributed by atoms with Gasteiger partial charge in [0.15, 0.2) is 0 Å². The molecule has 0 radical (unpaired) electrons. The molecule has 1 fully saturated rings. The highest BCUT2D eigenvalue weighted by Gasteiger charge is 2.42. The van der Waals surface area contributed by atoms with Gasteiger partial charge in [-0.3, -0.25) is 10.1 Å². The predicted molar refractivity (Wildman–Crippen MR) is 124 cm³/mol. The van der Waals surface area contributed by atoms with Crippen LogP contribution in [0.25, 0.3) is 0 Å². The lowest BCUT2D eigenvalue weighted by Gasteiger charge is -2.29. The highest BCUT2D eigenvalue weighted by Crippen LogP contribution is 2.26. The number of cyclic esters (lactones) is 2. The molecule has 1 aliphatic rings. The molecule has 0 bridgehead atoms. The van der Waals surface area contributed by atoms with E-state index < -0.39 is 40.9 Å². The van der Waals surface area contributed by atoms with E-state index in [1.54, 1.807) is 72.7 Å². The molecule has 1 saturated heterocycles.